The average Bonchev–Trinajstić information content (AvgIpc) is 3.30. The molecule has 5 nitrogen and oxygen atoms in total. The number of rotatable bonds is 6. The van der Waals surface area contributed by atoms with Crippen molar-refractivity contribution in [2.45, 2.75) is 53.5 Å². The third-order valence-corrected chi connectivity index (χ3v) is 7.12. The van der Waals surface area contributed by atoms with E-state index in [1.54, 1.807) is 0 Å². The third-order valence-electron chi connectivity index (χ3n) is 7.12. The maximum atomic E-state index is 13.4. The molecule has 1 unspecified atom stereocenters. The van der Waals surface area contributed by atoms with Crippen molar-refractivity contribution in [3.63, 3.8) is 0 Å². The summed E-state index contributed by atoms with van der Waals surface area (Å²) in [6.07, 6.45) is 2.21. The van der Waals surface area contributed by atoms with Crippen LogP contribution < -0.4 is 5.32 Å². The highest BCUT2D eigenvalue weighted by atomic mass is 16.3. The van der Waals surface area contributed by atoms with Gasteiger partial charge in [-0.3, -0.25) is 9.59 Å². The lowest BCUT2D eigenvalue weighted by Gasteiger charge is -2.26. The lowest BCUT2D eigenvalue weighted by atomic mass is 9.84. The molecule has 0 aliphatic carbocycles. The third kappa shape index (κ3) is 5.83. The second-order valence-corrected chi connectivity index (χ2v) is 11.8. The van der Waals surface area contributed by atoms with Crippen molar-refractivity contribution in [3.05, 3.63) is 89.7 Å². The molecule has 5 heteroatoms. The standard InChI is InChI=1S/C33H36N2O3/c1-22(20-33(2,3)4)18-31(36)34-26-14-12-24(13-15-26)30-19-25-21-35(17-16-29(25)38-30)32(37)28-11-7-9-23-8-5-6-10-27(23)28/h5-15,19,22H,16-18,20-21H2,1-4H3,(H,34,36). The van der Waals surface area contributed by atoms with Crippen molar-refractivity contribution in [1.82, 2.24) is 4.90 Å². The zero-order valence-electron chi connectivity index (χ0n) is 22.7. The molecule has 0 saturated carbocycles. The Morgan fingerprint density at radius 1 is 1.00 bits per heavy atom. The first-order valence-electron chi connectivity index (χ1n) is 13.5. The van der Waals surface area contributed by atoms with Crippen LogP contribution in [0.2, 0.25) is 0 Å². The molecule has 1 aromatic heterocycles. The molecule has 196 valence electrons. The van der Waals surface area contributed by atoms with Gasteiger partial charge in [0.25, 0.3) is 5.91 Å². The molecule has 0 fully saturated rings. The van der Waals surface area contributed by atoms with Crippen molar-refractivity contribution in [1.29, 1.82) is 0 Å². The van der Waals surface area contributed by atoms with E-state index in [2.05, 4.69) is 33.0 Å². The second kappa shape index (κ2) is 10.5. The molecule has 1 aliphatic rings. The summed E-state index contributed by atoms with van der Waals surface area (Å²) in [5.74, 6) is 2.14. The van der Waals surface area contributed by atoms with Crippen LogP contribution in [-0.4, -0.2) is 23.3 Å². The Bertz CT molecular complexity index is 1450. The van der Waals surface area contributed by atoms with Gasteiger partial charge in [0.15, 0.2) is 0 Å². The van der Waals surface area contributed by atoms with Crippen LogP contribution in [0.1, 0.15) is 62.2 Å². The molecule has 1 atom stereocenters. The van der Waals surface area contributed by atoms with Gasteiger partial charge < -0.3 is 14.6 Å². The van der Waals surface area contributed by atoms with Crippen LogP contribution in [0.5, 0.6) is 0 Å². The van der Waals surface area contributed by atoms with Gasteiger partial charge in [0, 0.05) is 48.3 Å². The van der Waals surface area contributed by atoms with Crippen LogP contribution >= 0.6 is 0 Å². The van der Waals surface area contributed by atoms with E-state index in [0.29, 0.717) is 31.8 Å². The van der Waals surface area contributed by atoms with Crippen molar-refractivity contribution >= 4 is 28.3 Å². The number of benzene rings is 3. The van der Waals surface area contributed by atoms with Gasteiger partial charge >= 0.3 is 0 Å². The number of amides is 2. The number of hydrogen-bond donors (Lipinski definition) is 1. The number of fused-ring (bicyclic) bond motifs is 2. The Morgan fingerprint density at radius 2 is 1.74 bits per heavy atom. The molecule has 0 spiro atoms. The van der Waals surface area contributed by atoms with E-state index in [1.165, 1.54) is 0 Å². The van der Waals surface area contributed by atoms with E-state index in [0.717, 1.165) is 51.1 Å². The first kappa shape index (κ1) is 25.8. The largest absolute Gasteiger partial charge is 0.461 e. The van der Waals surface area contributed by atoms with E-state index in [4.69, 9.17) is 4.42 Å². The van der Waals surface area contributed by atoms with Crippen molar-refractivity contribution in [2.75, 3.05) is 11.9 Å². The first-order chi connectivity index (χ1) is 18.2. The van der Waals surface area contributed by atoms with Crippen LogP contribution in [0.4, 0.5) is 5.69 Å². The Hall–Kier alpha value is -3.86. The number of nitrogens with one attached hydrogen (secondary N) is 1. The highest BCUT2D eigenvalue weighted by Crippen LogP contribution is 2.32. The van der Waals surface area contributed by atoms with Gasteiger partial charge in [-0.25, -0.2) is 0 Å². The fraction of sp³-hybridized carbons (Fsp3) is 0.333. The topological polar surface area (TPSA) is 62.6 Å². The monoisotopic (exact) mass is 508 g/mol. The average molecular weight is 509 g/mol. The molecule has 1 N–H and O–H groups in total. The number of anilines is 1. The minimum atomic E-state index is 0.0407. The number of furan rings is 1. The zero-order valence-corrected chi connectivity index (χ0v) is 22.7. The lowest BCUT2D eigenvalue weighted by molar-refractivity contribution is -0.117. The normalized spacial score (nSPS) is 14.3. The predicted molar refractivity (Wildman–Crippen MR) is 153 cm³/mol. The van der Waals surface area contributed by atoms with E-state index >= 15 is 0 Å². The van der Waals surface area contributed by atoms with Gasteiger partial charge in [0.1, 0.15) is 11.5 Å². The molecular formula is C33H36N2O3. The summed E-state index contributed by atoms with van der Waals surface area (Å²) in [6, 6.07) is 23.7. The fourth-order valence-electron chi connectivity index (χ4n) is 5.59. The van der Waals surface area contributed by atoms with E-state index in [-0.39, 0.29) is 17.2 Å². The zero-order chi connectivity index (χ0) is 26.9. The maximum absolute atomic E-state index is 13.4. The van der Waals surface area contributed by atoms with Crippen molar-refractivity contribution in [2.24, 2.45) is 11.3 Å². The Labute approximate surface area is 224 Å². The highest BCUT2D eigenvalue weighted by Gasteiger charge is 2.26. The van der Waals surface area contributed by atoms with Crippen LogP contribution in [0.25, 0.3) is 22.1 Å². The summed E-state index contributed by atoms with van der Waals surface area (Å²) >= 11 is 0. The summed E-state index contributed by atoms with van der Waals surface area (Å²) in [7, 11) is 0. The molecule has 4 aromatic rings. The van der Waals surface area contributed by atoms with Crippen LogP contribution in [0, 0.1) is 11.3 Å². The number of carbonyl (C=O) groups is 2. The molecule has 0 bridgehead atoms. The second-order valence-electron chi connectivity index (χ2n) is 11.8. The van der Waals surface area contributed by atoms with Gasteiger partial charge in [0.2, 0.25) is 5.91 Å². The minimum absolute atomic E-state index is 0.0407. The molecule has 5 rings (SSSR count). The number of hydrogen-bond acceptors (Lipinski definition) is 3. The number of nitrogens with zero attached hydrogens (tertiary/aromatic N) is 1. The summed E-state index contributed by atoms with van der Waals surface area (Å²) in [5, 5.41) is 5.07. The molecule has 0 saturated heterocycles. The van der Waals surface area contributed by atoms with Crippen molar-refractivity contribution < 1.29 is 14.0 Å². The van der Waals surface area contributed by atoms with Crippen molar-refractivity contribution in [3.8, 4) is 11.3 Å². The lowest BCUT2D eigenvalue weighted by Crippen LogP contribution is -2.35. The smallest absolute Gasteiger partial charge is 0.254 e. The van der Waals surface area contributed by atoms with E-state index in [9.17, 15) is 9.59 Å². The SMILES string of the molecule is CC(CC(=O)Nc1ccc(-c2cc3c(o2)CCN(C(=O)c2cccc4ccccc24)C3)cc1)CC(C)(C)C. The molecule has 3 aromatic carbocycles. The van der Waals surface area contributed by atoms with Crippen LogP contribution in [0.15, 0.2) is 77.2 Å². The molecule has 0 radical (unpaired) electrons. The maximum Gasteiger partial charge on any atom is 0.254 e. The van der Waals surface area contributed by atoms with Gasteiger partial charge in [-0.05, 0) is 64.9 Å². The van der Waals surface area contributed by atoms with Gasteiger partial charge in [-0.1, -0.05) is 64.1 Å². The molecule has 2 amide bonds. The summed E-state index contributed by atoms with van der Waals surface area (Å²) in [6.45, 7) is 9.89. The highest BCUT2D eigenvalue weighted by molar-refractivity contribution is 6.07. The summed E-state index contributed by atoms with van der Waals surface area (Å²) < 4.78 is 6.19. The Kier molecular flexibility index (Phi) is 7.11. The number of carbonyl (C=O) groups excluding carboxylic acids is 2. The van der Waals surface area contributed by atoms with E-state index < -0.39 is 0 Å². The van der Waals surface area contributed by atoms with Crippen LogP contribution in [0.3, 0.4) is 0 Å². The quantitative estimate of drug-likeness (QED) is 0.290. The van der Waals surface area contributed by atoms with Crippen LogP contribution in [-0.2, 0) is 17.8 Å². The van der Waals surface area contributed by atoms with Gasteiger partial charge in [0.05, 0.1) is 0 Å². The molecule has 2 heterocycles. The van der Waals surface area contributed by atoms with Gasteiger partial charge in [-0.15, -0.1) is 0 Å². The summed E-state index contributed by atoms with van der Waals surface area (Å²) in [5.41, 5.74) is 3.73. The van der Waals surface area contributed by atoms with E-state index in [1.807, 2.05) is 77.7 Å². The summed E-state index contributed by atoms with van der Waals surface area (Å²) in [4.78, 5) is 27.8. The predicted octanol–water partition coefficient (Wildman–Crippen LogP) is 7.70. The molecular weight excluding hydrogens is 472 g/mol. The first-order valence-corrected chi connectivity index (χ1v) is 13.5. The Morgan fingerprint density at radius 3 is 2.50 bits per heavy atom. The molecule has 38 heavy (non-hydrogen) atoms. The van der Waals surface area contributed by atoms with Gasteiger partial charge in [-0.2, -0.15) is 0 Å². The fourth-order valence-corrected chi connectivity index (χ4v) is 5.59. The Balaban J connectivity index is 1.24. The molecule has 1 aliphatic heterocycles. The minimum Gasteiger partial charge on any atom is -0.461 e.